The molecule has 2 atom stereocenters. The van der Waals surface area contributed by atoms with Gasteiger partial charge in [0.1, 0.15) is 0 Å². The van der Waals surface area contributed by atoms with Crippen molar-refractivity contribution in [1.82, 2.24) is 5.32 Å². The van der Waals surface area contributed by atoms with Crippen molar-refractivity contribution in [1.29, 1.82) is 0 Å². The second-order valence-corrected chi connectivity index (χ2v) is 4.38. The van der Waals surface area contributed by atoms with Crippen LogP contribution in [0.15, 0.2) is 17.5 Å². The zero-order valence-electron chi connectivity index (χ0n) is 8.51. The summed E-state index contributed by atoms with van der Waals surface area (Å²) in [4.78, 5) is 11.5. The third-order valence-electron chi connectivity index (χ3n) is 2.04. The first-order chi connectivity index (χ1) is 7.09. The predicted molar refractivity (Wildman–Crippen MR) is 59.0 cm³/mol. The molecule has 0 fully saturated rings. The largest absolute Gasteiger partial charge is 0.481 e. The number of carboxylic acids is 1. The number of aliphatic carboxylic acids is 1. The molecular weight excluding hydrogens is 214 g/mol. The van der Waals surface area contributed by atoms with Gasteiger partial charge in [0.15, 0.2) is 0 Å². The summed E-state index contributed by atoms with van der Waals surface area (Å²) in [6.07, 6.45) is -1.05. The molecule has 4 nitrogen and oxygen atoms in total. The van der Waals surface area contributed by atoms with Crippen LogP contribution >= 0.6 is 11.3 Å². The normalized spacial score (nSPS) is 14.8. The van der Waals surface area contributed by atoms with Gasteiger partial charge in [0.05, 0.1) is 12.5 Å². The Kier molecular flexibility index (Phi) is 4.74. The summed E-state index contributed by atoms with van der Waals surface area (Å²) >= 11 is 1.64. The van der Waals surface area contributed by atoms with E-state index in [4.69, 9.17) is 5.11 Å². The standard InChI is InChI=1S/C10H15NO3S/c1-7(9-3-2-4-15-9)11-6-8(12)5-10(13)14/h2-4,7-8,11-12H,5-6H2,1H3,(H,13,14)/t7-,8?/m1/s1. The highest BCUT2D eigenvalue weighted by atomic mass is 32.1. The van der Waals surface area contributed by atoms with Gasteiger partial charge in [0.25, 0.3) is 0 Å². The Morgan fingerprint density at radius 3 is 2.93 bits per heavy atom. The first-order valence-corrected chi connectivity index (χ1v) is 5.64. The molecule has 0 saturated carbocycles. The Hall–Kier alpha value is -0.910. The minimum Gasteiger partial charge on any atom is -0.481 e. The highest BCUT2D eigenvalue weighted by molar-refractivity contribution is 7.10. The molecule has 0 spiro atoms. The molecule has 1 aromatic heterocycles. The number of rotatable bonds is 6. The number of thiophene rings is 1. The van der Waals surface area contributed by atoms with Gasteiger partial charge in [0, 0.05) is 17.5 Å². The van der Waals surface area contributed by atoms with Crippen LogP contribution in [-0.4, -0.2) is 28.8 Å². The fraction of sp³-hybridized carbons (Fsp3) is 0.500. The third kappa shape index (κ3) is 4.42. The first-order valence-electron chi connectivity index (χ1n) is 4.76. The smallest absolute Gasteiger partial charge is 0.306 e. The van der Waals surface area contributed by atoms with Crippen LogP contribution < -0.4 is 5.32 Å². The Labute approximate surface area is 92.6 Å². The van der Waals surface area contributed by atoms with E-state index < -0.39 is 12.1 Å². The number of hydrogen-bond donors (Lipinski definition) is 3. The monoisotopic (exact) mass is 229 g/mol. The number of carbonyl (C=O) groups is 1. The molecule has 0 aromatic carbocycles. The molecule has 0 saturated heterocycles. The second-order valence-electron chi connectivity index (χ2n) is 3.40. The Morgan fingerprint density at radius 2 is 2.40 bits per heavy atom. The van der Waals surface area contributed by atoms with Crippen molar-refractivity contribution in [3.05, 3.63) is 22.4 Å². The lowest BCUT2D eigenvalue weighted by Crippen LogP contribution is -2.30. The van der Waals surface area contributed by atoms with E-state index in [2.05, 4.69) is 5.32 Å². The van der Waals surface area contributed by atoms with Crippen LogP contribution in [0.2, 0.25) is 0 Å². The van der Waals surface area contributed by atoms with Crippen LogP contribution in [-0.2, 0) is 4.79 Å². The average Bonchev–Trinajstić information content (AvgIpc) is 2.65. The van der Waals surface area contributed by atoms with Crippen molar-refractivity contribution in [2.75, 3.05) is 6.54 Å². The van der Waals surface area contributed by atoms with E-state index in [1.165, 1.54) is 4.88 Å². The maximum absolute atomic E-state index is 10.3. The Morgan fingerprint density at radius 1 is 1.67 bits per heavy atom. The number of aliphatic hydroxyl groups excluding tert-OH is 1. The van der Waals surface area contributed by atoms with Crippen molar-refractivity contribution in [3.63, 3.8) is 0 Å². The molecule has 5 heteroatoms. The van der Waals surface area contributed by atoms with Gasteiger partial charge < -0.3 is 15.5 Å². The molecule has 1 unspecified atom stereocenters. The summed E-state index contributed by atoms with van der Waals surface area (Å²) in [5, 5.41) is 22.8. The summed E-state index contributed by atoms with van der Waals surface area (Å²) in [5.41, 5.74) is 0. The lowest BCUT2D eigenvalue weighted by atomic mass is 10.2. The molecule has 0 bridgehead atoms. The molecule has 84 valence electrons. The van der Waals surface area contributed by atoms with Crippen LogP contribution in [0.4, 0.5) is 0 Å². The Balaban J connectivity index is 2.28. The average molecular weight is 229 g/mol. The van der Waals surface area contributed by atoms with E-state index in [9.17, 15) is 9.90 Å². The van der Waals surface area contributed by atoms with Gasteiger partial charge in [-0.05, 0) is 18.4 Å². The number of carboxylic acid groups (broad SMARTS) is 1. The van der Waals surface area contributed by atoms with Gasteiger partial charge in [-0.25, -0.2) is 0 Å². The summed E-state index contributed by atoms with van der Waals surface area (Å²) in [5.74, 6) is -0.979. The molecule has 1 heterocycles. The van der Waals surface area contributed by atoms with Gasteiger partial charge in [-0.3, -0.25) is 4.79 Å². The van der Waals surface area contributed by atoms with E-state index in [0.717, 1.165) is 0 Å². The highest BCUT2D eigenvalue weighted by Gasteiger charge is 2.11. The minimum absolute atomic E-state index is 0.147. The van der Waals surface area contributed by atoms with Crippen molar-refractivity contribution >= 4 is 17.3 Å². The maximum atomic E-state index is 10.3. The third-order valence-corrected chi connectivity index (χ3v) is 3.09. The quantitative estimate of drug-likeness (QED) is 0.686. The lowest BCUT2D eigenvalue weighted by molar-refractivity contribution is -0.139. The van der Waals surface area contributed by atoms with Crippen LogP contribution in [0, 0.1) is 0 Å². The van der Waals surface area contributed by atoms with Gasteiger partial charge in [-0.15, -0.1) is 11.3 Å². The number of hydrogen-bond acceptors (Lipinski definition) is 4. The van der Waals surface area contributed by atoms with E-state index in [-0.39, 0.29) is 12.5 Å². The number of aliphatic hydroxyl groups is 1. The molecule has 0 aliphatic rings. The second kappa shape index (κ2) is 5.85. The zero-order chi connectivity index (χ0) is 11.3. The van der Waals surface area contributed by atoms with E-state index in [1.807, 2.05) is 24.4 Å². The zero-order valence-corrected chi connectivity index (χ0v) is 9.33. The maximum Gasteiger partial charge on any atom is 0.306 e. The van der Waals surface area contributed by atoms with Gasteiger partial charge in [-0.2, -0.15) is 0 Å². The van der Waals surface area contributed by atoms with Gasteiger partial charge in [0.2, 0.25) is 0 Å². The van der Waals surface area contributed by atoms with E-state index in [0.29, 0.717) is 6.54 Å². The van der Waals surface area contributed by atoms with E-state index in [1.54, 1.807) is 11.3 Å². The molecule has 0 radical (unpaired) electrons. The minimum atomic E-state index is -0.979. The van der Waals surface area contributed by atoms with Crippen LogP contribution in [0.25, 0.3) is 0 Å². The van der Waals surface area contributed by atoms with Gasteiger partial charge in [-0.1, -0.05) is 6.07 Å². The van der Waals surface area contributed by atoms with Crippen LogP contribution in [0.3, 0.4) is 0 Å². The fourth-order valence-electron chi connectivity index (χ4n) is 1.22. The molecular formula is C10H15NO3S. The van der Waals surface area contributed by atoms with Crippen molar-refractivity contribution in [2.24, 2.45) is 0 Å². The highest BCUT2D eigenvalue weighted by Crippen LogP contribution is 2.17. The molecule has 3 N–H and O–H groups in total. The lowest BCUT2D eigenvalue weighted by Gasteiger charge is -2.14. The fourth-order valence-corrected chi connectivity index (χ4v) is 1.98. The summed E-state index contributed by atoms with van der Waals surface area (Å²) in [7, 11) is 0. The van der Waals surface area contributed by atoms with Gasteiger partial charge >= 0.3 is 5.97 Å². The van der Waals surface area contributed by atoms with Crippen LogP contribution in [0.1, 0.15) is 24.3 Å². The number of nitrogens with one attached hydrogen (secondary N) is 1. The SMILES string of the molecule is C[C@@H](NCC(O)CC(=O)O)c1cccs1. The predicted octanol–water partition coefficient (Wildman–Crippen LogP) is 1.23. The molecule has 0 aliphatic heterocycles. The van der Waals surface area contributed by atoms with Crippen molar-refractivity contribution in [3.8, 4) is 0 Å². The molecule has 1 rings (SSSR count). The summed E-state index contributed by atoms with van der Waals surface area (Å²) < 4.78 is 0. The first kappa shape index (κ1) is 12.2. The molecule has 1 aromatic rings. The molecule has 15 heavy (non-hydrogen) atoms. The van der Waals surface area contributed by atoms with E-state index >= 15 is 0 Å². The summed E-state index contributed by atoms with van der Waals surface area (Å²) in [6.45, 7) is 2.28. The topological polar surface area (TPSA) is 69.6 Å². The van der Waals surface area contributed by atoms with Crippen LogP contribution in [0.5, 0.6) is 0 Å². The van der Waals surface area contributed by atoms with Crippen molar-refractivity contribution in [2.45, 2.75) is 25.5 Å². The Bertz CT molecular complexity index is 300. The van der Waals surface area contributed by atoms with Crippen molar-refractivity contribution < 1.29 is 15.0 Å². The molecule has 0 amide bonds. The summed E-state index contributed by atoms with van der Waals surface area (Å²) in [6, 6.07) is 4.12. The molecule has 0 aliphatic carbocycles.